The van der Waals surface area contributed by atoms with Crippen LogP contribution in [0.15, 0.2) is 23.3 Å². The molecule has 0 fully saturated rings. The highest BCUT2D eigenvalue weighted by molar-refractivity contribution is 5.93. The van der Waals surface area contributed by atoms with Crippen LogP contribution in [0.4, 0.5) is 0 Å². The van der Waals surface area contributed by atoms with E-state index in [2.05, 4.69) is 10.3 Å². The molecule has 14 heavy (non-hydrogen) atoms. The molecular weight excluding hydrogens is 184 g/mol. The molecule has 2 N–H and O–H groups in total. The molecule has 0 spiro atoms. The number of methoxy groups -OCH3 is 1. The second-order valence-electron chi connectivity index (χ2n) is 2.67. The number of hydrogen-bond acceptors (Lipinski definition) is 3. The van der Waals surface area contributed by atoms with E-state index >= 15 is 0 Å². The summed E-state index contributed by atoms with van der Waals surface area (Å²) in [5.41, 5.74) is -0.178. The van der Waals surface area contributed by atoms with Crippen molar-refractivity contribution >= 4 is 5.91 Å². The van der Waals surface area contributed by atoms with Gasteiger partial charge in [-0.15, -0.1) is 0 Å². The maximum absolute atomic E-state index is 11.4. The lowest BCUT2D eigenvalue weighted by atomic mass is 10.2. The molecule has 5 heteroatoms. The normalized spacial score (nSPS) is 9.79. The van der Waals surface area contributed by atoms with Gasteiger partial charge in [0.1, 0.15) is 5.56 Å². The summed E-state index contributed by atoms with van der Waals surface area (Å²) in [4.78, 5) is 25.2. The third-order valence-electron chi connectivity index (χ3n) is 1.66. The number of rotatable bonds is 4. The van der Waals surface area contributed by atoms with E-state index < -0.39 is 0 Å². The lowest BCUT2D eigenvalue weighted by Crippen LogP contribution is -2.30. The molecule has 0 radical (unpaired) electrons. The second-order valence-corrected chi connectivity index (χ2v) is 2.67. The standard InChI is InChI=1S/C9H12N2O3/c1-14-5-4-11-9(13)7-6-10-3-2-8(7)12/h2-3,6H,4-5H2,1H3,(H,10,12)(H,11,13). The number of aromatic nitrogens is 1. The molecule has 1 heterocycles. The van der Waals surface area contributed by atoms with Crippen LogP contribution in [0.5, 0.6) is 0 Å². The SMILES string of the molecule is COCCNC(=O)c1c[nH]ccc1=O. The van der Waals surface area contributed by atoms with Crippen LogP contribution in [-0.2, 0) is 4.74 Å². The molecule has 0 atom stereocenters. The minimum absolute atomic E-state index is 0.114. The summed E-state index contributed by atoms with van der Waals surface area (Å²) in [6.45, 7) is 0.820. The first kappa shape index (κ1) is 10.5. The fourth-order valence-electron chi connectivity index (χ4n) is 0.955. The van der Waals surface area contributed by atoms with Gasteiger partial charge in [0.15, 0.2) is 5.43 Å². The van der Waals surface area contributed by atoms with Crippen LogP contribution in [0.1, 0.15) is 10.4 Å². The summed E-state index contributed by atoms with van der Waals surface area (Å²) >= 11 is 0. The Bertz CT molecular complexity index is 359. The zero-order valence-corrected chi connectivity index (χ0v) is 7.87. The third kappa shape index (κ3) is 2.70. The molecule has 0 aliphatic carbocycles. The van der Waals surface area contributed by atoms with Gasteiger partial charge in [0.05, 0.1) is 6.61 Å². The van der Waals surface area contributed by atoms with Crippen molar-refractivity contribution < 1.29 is 9.53 Å². The molecule has 0 aromatic carbocycles. The van der Waals surface area contributed by atoms with Crippen molar-refractivity contribution in [3.8, 4) is 0 Å². The summed E-state index contributed by atoms with van der Waals surface area (Å²) in [6.07, 6.45) is 2.86. The summed E-state index contributed by atoms with van der Waals surface area (Å²) in [6, 6.07) is 1.31. The number of pyridine rings is 1. The molecule has 1 rings (SSSR count). The first-order valence-electron chi connectivity index (χ1n) is 4.20. The van der Waals surface area contributed by atoms with E-state index in [1.807, 2.05) is 0 Å². The molecule has 1 aromatic rings. The summed E-state index contributed by atoms with van der Waals surface area (Å²) in [7, 11) is 1.54. The number of carbonyl (C=O) groups is 1. The van der Waals surface area contributed by atoms with Gasteiger partial charge in [-0.05, 0) is 0 Å². The molecule has 0 saturated carbocycles. The van der Waals surface area contributed by atoms with Gasteiger partial charge < -0.3 is 15.0 Å². The van der Waals surface area contributed by atoms with Crippen molar-refractivity contribution in [1.82, 2.24) is 10.3 Å². The number of nitrogens with one attached hydrogen (secondary N) is 2. The molecule has 0 aliphatic rings. The zero-order valence-electron chi connectivity index (χ0n) is 7.87. The quantitative estimate of drug-likeness (QED) is 0.652. The predicted octanol–water partition coefficient (Wildman–Crippen LogP) is -0.249. The van der Waals surface area contributed by atoms with Gasteiger partial charge in [-0.25, -0.2) is 0 Å². The van der Waals surface area contributed by atoms with E-state index in [0.29, 0.717) is 13.2 Å². The van der Waals surface area contributed by atoms with Crippen LogP contribution in [-0.4, -0.2) is 31.2 Å². The van der Waals surface area contributed by atoms with E-state index in [1.54, 1.807) is 7.11 Å². The van der Waals surface area contributed by atoms with Crippen LogP contribution in [0.25, 0.3) is 0 Å². The predicted molar refractivity (Wildman–Crippen MR) is 51.3 cm³/mol. The molecule has 76 valence electrons. The zero-order chi connectivity index (χ0) is 10.4. The number of carbonyl (C=O) groups excluding carboxylic acids is 1. The Morgan fingerprint density at radius 2 is 2.43 bits per heavy atom. The molecule has 1 amide bonds. The van der Waals surface area contributed by atoms with E-state index in [0.717, 1.165) is 0 Å². The smallest absolute Gasteiger partial charge is 0.256 e. The molecule has 0 bridgehead atoms. The Kier molecular flexibility index (Phi) is 3.87. The van der Waals surface area contributed by atoms with Gasteiger partial charge in [0.25, 0.3) is 5.91 Å². The molecule has 1 aromatic heterocycles. The van der Waals surface area contributed by atoms with Gasteiger partial charge in [-0.1, -0.05) is 0 Å². The van der Waals surface area contributed by atoms with E-state index in [-0.39, 0.29) is 16.9 Å². The number of ether oxygens (including phenoxy) is 1. The average molecular weight is 196 g/mol. The van der Waals surface area contributed by atoms with Gasteiger partial charge in [-0.3, -0.25) is 9.59 Å². The number of amides is 1. The monoisotopic (exact) mass is 196 g/mol. The molecule has 5 nitrogen and oxygen atoms in total. The van der Waals surface area contributed by atoms with Crippen LogP contribution in [0, 0.1) is 0 Å². The van der Waals surface area contributed by atoms with E-state index in [1.165, 1.54) is 18.5 Å². The Morgan fingerprint density at radius 3 is 3.07 bits per heavy atom. The van der Waals surface area contributed by atoms with Crippen LogP contribution >= 0.6 is 0 Å². The van der Waals surface area contributed by atoms with Crippen molar-refractivity contribution in [2.24, 2.45) is 0 Å². The fourth-order valence-corrected chi connectivity index (χ4v) is 0.955. The highest BCUT2D eigenvalue weighted by Crippen LogP contribution is 1.86. The van der Waals surface area contributed by atoms with Gasteiger partial charge in [0.2, 0.25) is 0 Å². The summed E-state index contributed by atoms with van der Waals surface area (Å²) in [5, 5.41) is 2.56. The largest absolute Gasteiger partial charge is 0.383 e. The third-order valence-corrected chi connectivity index (χ3v) is 1.66. The second kappa shape index (κ2) is 5.18. The molecule has 0 saturated heterocycles. The Labute approximate surface area is 81.1 Å². The summed E-state index contributed by atoms with van der Waals surface area (Å²) < 4.78 is 4.76. The topological polar surface area (TPSA) is 71.2 Å². The van der Waals surface area contributed by atoms with E-state index in [4.69, 9.17) is 4.74 Å². The van der Waals surface area contributed by atoms with Gasteiger partial charge >= 0.3 is 0 Å². The van der Waals surface area contributed by atoms with Crippen LogP contribution in [0.3, 0.4) is 0 Å². The Balaban J connectivity index is 2.61. The summed E-state index contributed by atoms with van der Waals surface area (Å²) in [5.74, 6) is -0.385. The Morgan fingerprint density at radius 1 is 1.64 bits per heavy atom. The van der Waals surface area contributed by atoms with Crippen molar-refractivity contribution in [3.05, 3.63) is 34.2 Å². The highest BCUT2D eigenvalue weighted by Gasteiger charge is 2.07. The van der Waals surface area contributed by atoms with Crippen LogP contribution in [0.2, 0.25) is 0 Å². The maximum atomic E-state index is 11.4. The van der Waals surface area contributed by atoms with Crippen molar-refractivity contribution in [3.63, 3.8) is 0 Å². The fraction of sp³-hybridized carbons (Fsp3) is 0.333. The maximum Gasteiger partial charge on any atom is 0.256 e. The lowest BCUT2D eigenvalue weighted by Gasteiger charge is -2.02. The minimum atomic E-state index is -0.385. The molecular formula is C9H12N2O3. The first-order chi connectivity index (χ1) is 6.75. The van der Waals surface area contributed by atoms with Crippen molar-refractivity contribution in [1.29, 1.82) is 0 Å². The molecule has 0 unspecified atom stereocenters. The van der Waals surface area contributed by atoms with Crippen molar-refractivity contribution in [2.45, 2.75) is 0 Å². The minimum Gasteiger partial charge on any atom is -0.383 e. The van der Waals surface area contributed by atoms with Gasteiger partial charge in [0, 0.05) is 32.1 Å². The van der Waals surface area contributed by atoms with Crippen molar-refractivity contribution in [2.75, 3.05) is 20.3 Å². The first-order valence-corrected chi connectivity index (χ1v) is 4.20. The van der Waals surface area contributed by atoms with Crippen LogP contribution < -0.4 is 10.7 Å². The average Bonchev–Trinajstić information content (AvgIpc) is 2.18. The van der Waals surface area contributed by atoms with Gasteiger partial charge in [-0.2, -0.15) is 0 Å². The number of H-pyrrole nitrogens is 1. The number of hydrogen-bond donors (Lipinski definition) is 2. The lowest BCUT2D eigenvalue weighted by molar-refractivity contribution is 0.0935. The van der Waals surface area contributed by atoms with E-state index in [9.17, 15) is 9.59 Å². The highest BCUT2D eigenvalue weighted by atomic mass is 16.5. The Hall–Kier alpha value is -1.62. The number of aromatic amines is 1. The molecule has 0 aliphatic heterocycles.